The van der Waals surface area contributed by atoms with E-state index < -0.39 is 0 Å². The highest BCUT2D eigenvalue weighted by Crippen LogP contribution is 2.31. The van der Waals surface area contributed by atoms with Crippen molar-refractivity contribution < 1.29 is 4.79 Å². The van der Waals surface area contributed by atoms with Gasteiger partial charge in [-0.2, -0.15) is 0 Å². The molecule has 0 aliphatic heterocycles. The Morgan fingerprint density at radius 2 is 1.92 bits per heavy atom. The Hall–Kier alpha value is -3.28. The number of amides is 1. The van der Waals surface area contributed by atoms with Gasteiger partial charge in [0.25, 0.3) is 0 Å². The van der Waals surface area contributed by atoms with Crippen LogP contribution in [0.1, 0.15) is 18.4 Å². The Morgan fingerprint density at radius 1 is 1.12 bits per heavy atom. The molecule has 1 aromatic carbocycles. The van der Waals surface area contributed by atoms with Crippen LogP contribution in [0.3, 0.4) is 0 Å². The van der Waals surface area contributed by atoms with Crippen molar-refractivity contribution in [1.29, 1.82) is 0 Å². The molecule has 0 radical (unpaired) electrons. The molecule has 6 heteroatoms. The summed E-state index contributed by atoms with van der Waals surface area (Å²) < 4.78 is 0. The zero-order valence-corrected chi connectivity index (χ0v) is 14.4. The number of anilines is 2. The molecule has 6 nitrogen and oxygen atoms in total. The zero-order chi connectivity index (χ0) is 18.1. The van der Waals surface area contributed by atoms with Crippen LogP contribution < -0.4 is 11.1 Å². The van der Waals surface area contributed by atoms with Crippen molar-refractivity contribution in [3.8, 4) is 22.4 Å². The van der Waals surface area contributed by atoms with Crippen LogP contribution in [0.25, 0.3) is 22.4 Å². The molecule has 3 N–H and O–H groups in total. The number of nitrogens with one attached hydrogen (secondary N) is 1. The van der Waals surface area contributed by atoms with Gasteiger partial charge in [-0.1, -0.05) is 6.07 Å². The molecular formula is C20H19N5O. The number of rotatable bonds is 4. The average Bonchev–Trinajstić information content (AvgIpc) is 3.49. The standard InChI is InChI=1S/C20H19N5O/c1-12-2-5-16(21)7-17(12)14-6-15(10-22-9-14)18-8-19(24-11-23-18)25-20(26)13-3-4-13/h2,5-11,13H,3-4,21H2,1H3,(H,23,24,25,26). The number of pyridine rings is 1. The number of hydrogen-bond donors (Lipinski definition) is 2. The van der Waals surface area contributed by atoms with Gasteiger partial charge in [0.1, 0.15) is 12.1 Å². The van der Waals surface area contributed by atoms with E-state index in [1.165, 1.54) is 6.33 Å². The van der Waals surface area contributed by atoms with Crippen LogP contribution in [0.2, 0.25) is 0 Å². The minimum absolute atomic E-state index is 0.0249. The van der Waals surface area contributed by atoms with Crippen molar-refractivity contribution in [2.75, 3.05) is 11.1 Å². The molecule has 26 heavy (non-hydrogen) atoms. The van der Waals surface area contributed by atoms with E-state index in [0.29, 0.717) is 17.2 Å². The maximum absolute atomic E-state index is 11.9. The van der Waals surface area contributed by atoms with Crippen LogP contribution in [0.5, 0.6) is 0 Å². The molecule has 130 valence electrons. The van der Waals surface area contributed by atoms with E-state index in [1.54, 1.807) is 12.3 Å². The van der Waals surface area contributed by atoms with Gasteiger partial charge in [0, 0.05) is 41.2 Å². The summed E-state index contributed by atoms with van der Waals surface area (Å²) in [6.45, 7) is 2.04. The maximum atomic E-state index is 11.9. The van der Waals surface area contributed by atoms with Crippen molar-refractivity contribution in [3.63, 3.8) is 0 Å². The van der Waals surface area contributed by atoms with E-state index in [-0.39, 0.29) is 11.8 Å². The lowest BCUT2D eigenvalue weighted by atomic mass is 9.99. The third-order valence-electron chi connectivity index (χ3n) is 4.47. The summed E-state index contributed by atoms with van der Waals surface area (Å²) in [4.78, 5) is 24.8. The second-order valence-corrected chi connectivity index (χ2v) is 6.59. The highest BCUT2D eigenvalue weighted by Gasteiger charge is 2.29. The summed E-state index contributed by atoms with van der Waals surface area (Å²) in [6, 6.07) is 9.61. The second-order valence-electron chi connectivity index (χ2n) is 6.59. The summed E-state index contributed by atoms with van der Waals surface area (Å²) in [5, 5.41) is 2.85. The summed E-state index contributed by atoms with van der Waals surface area (Å²) >= 11 is 0. The monoisotopic (exact) mass is 345 g/mol. The summed E-state index contributed by atoms with van der Waals surface area (Å²) in [5.41, 5.74) is 11.3. The van der Waals surface area contributed by atoms with Crippen LogP contribution in [0.15, 0.2) is 49.1 Å². The third-order valence-corrected chi connectivity index (χ3v) is 4.47. The molecule has 2 aromatic heterocycles. The second kappa shape index (κ2) is 6.55. The fraction of sp³-hybridized carbons (Fsp3) is 0.200. The number of nitrogens with two attached hydrogens (primary N) is 1. The van der Waals surface area contributed by atoms with Gasteiger partial charge in [-0.15, -0.1) is 0 Å². The lowest BCUT2D eigenvalue weighted by molar-refractivity contribution is -0.117. The van der Waals surface area contributed by atoms with Crippen LogP contribution in [0.4, 0.5) is 11.5 Å². The Balaban J connectivity index is 1.66. The lowest BCUT2D eigenvalue weighted by Crippen LogP contribution is -2.14. The molecule has 0 saturated heterocycles. The van der Waals surface area contributed by atoms with Gasteiger partial charge in [0.05, 0.1) is 5.69 Å². The molecule has 0 spiro atoms. The molecule has 3 aromatic rings. The lowest BCUT2D eigenvalue weighted by Gasteiger charge is -2.09. The normalized spacial score (nSPS) is 13.4. The van der Waals surface area contributed by atoms with E-state index in [2.05, 4.69) is 20.3 Å². The Bertz CT molecular complexity index is 981. The number of aryl methyl sites for hydroxylation is 1. The molecule has 0 atom stereocenters. The van der Waals surface area contributed by atoms with Crippen molar-refractivity contribution in [1.82, 2.24) is 15.0 Å². The Morgan fingerprint density at radius 3 is 2.73 bits per heavy atom. The van der Waals surface area contributed by atoms with Gasteiger partial charge in [0.15, 0.2) is 0 Å². The number of aromatic nitrogens is 3. The van der Waals surface area contributed by atoms with E-state index in [0.717, 1.165) is 35.1 Å². The number of carbonyl (C=O) groups is 1. The van der Waals surface area contributed by atoms with Crippen molar-refractivity contribution in [2.24, 2.45) is 5.92 Å². The predicted octanol–water partition coefficient (Wildman–Crippen LogP) is 3.44. The van der Waals surface area contributed by atoms with Crippen molar-refractivity contribution in [3.05, 3.63) is 54.6 Å². The fourth-order valence-electron chi connectivity index (χ4n) is 2.84. The fourth-order valence-corrected chi connectivity index (χ4v) is 2.84. The molecule has 1 saturated carbocycles. The highest BCUT2D eigenvalue weighted by atomic mass is 16.2. The molecule has 1 amide bonds. The first-order valence-corrected chi connectivity index (χ1v) is 8.55. The van der Waals surface area contributed by atoms with Gasteiger partial charge < -0.3 is 11.1 Å². The van der Waals surface area contributed by atoms with Crippen LogP contribution >= 0.6 is 0 Å². The minimum Gasteiger partial charge on any atom is -0.399 e. The summed E-state index contributed by atoms with van der Waals surface area (Å²) in [6.07, 6.45) is 6.92. The highest BCUT2D eigenvalue weighted by molar-refractivity contribution is 5.93. The van der Waals surface area contributed by atoms with Gasteiger partial charge >= 0.3 is 0 Å². The van der Waals surface area contributed by atoms with E-state index >= 15 is 0 Å². The first-order valence-electron chi connectivity index (χ1n) is 8.55. The minimum atomic E-state index is 0.0249. The quantitative estimate of drug-likeness (QED) is 0.706. The predicted molar refractivity (Wildman–Crippen MR) is 101 cm³/mol. The van der Waals surface area contributed by atoms with Crippen LogP contribution in [-0.4, -0.2) is 20.9 Å². The van der Waals surface area contributed by atoms with E-state index in [4.69, 9.17) is 5.73 Å². The molecule has 0 unspecified atom stereocenters. The molecule has 1 aliphatic rings. The number of carbonyl (C=O) groups excluding carboxylic acids is 1. The van der Waals surface area contributed by atoms with Crippen molar-refractivity contribution >= 4 is 17.4 Å². The maximum Gasteiger partial charge on any atom is 0.228 e. The number of nitrogens with zero attached hydrogens (tertiary/aromatic N) is 3. The first kappa shape index (κ1) is 16.2. The Labute approximate surface area is 151 Å². The molecule has 1 fully saturated rings. The smallest absolute Gasteiger partial charge is 0.228 e. The molecular weight excluding hydrogens is 326 g/mol. The van der Waals surface area contributed by atoms with Gasteiger partial charge in [-0.05, 0) is 49.1 Å². The largest absolute Gasteiger partial charge is 0.399 e. The number of benzene rings is 1. The first-order chi connectivity index (χ1) is 12.6. The van der Waals surface area contributed by atoms with Crippen LogP contribution in [-0.2, 0) is 4.79 Å². The third kappa shape index (κ3) is 3.39. The zero-order valence-electron chi connectivity index (χ0n) is 14.4. The van der Waals surface area contributed by atoms with E-state index in [9.17, 15) is 4.79 Å². The molecule has 0 bridgehead atoms. The van der Waals surface area contributed by atoms with Crippen molar-refractivity contribution in [2.45, 2.75) is 19.8 Å². The van der Waals surface area contributed by atoms with Gasteiger partial charge in [-0.3, -0.25) is 9.78 Å². The molecule has 1 aliphatic carbocycles. The molecule has 4 rings (SSSR count). The van der Waals surface area contributed by atoms with E-state index in [1.807, 2.05) is 37.4 Å². The SMILES string of the molecule is Cc1ccc(N)cc1-c1cncc(-c2cc(NC(=O)C3CC3)ncn2)c1. The average molecular weight is 345 g/mol. The topological polar surface area (TPSA) is 93.8 Å². The number of hydrogen-bond acceptors (Lipinski definition) is 5. The van der Waals surface area contributed by atoms with Gasteiger partial charge in [0.2, 0.25) is 5.91 Å². The summed E-state index contributed by atoms with van der Waals surface area (Å²) in [7, 11) is 0. The summed E-state index contributed by atoms with van der Waals surface area (Å²) in [5.74, 6) is 0.666. The van der Waals surface area contributed by atoms with Gasteiger partial charge in [-0.25, -0.2) is 9.97 Å². The number of nitrogen functional groups attached to an aromatic ring is 1. The van der Waals surface area contributed by atoms with Crippen LogP contribution in [0, 0.1) is 12.8 Å². The molecule has 2 heterocycles. The Kier molecular flexibility index (Phi) is 4.08.